The lowest BCUT2D eigenvalue weighted by Crippen LogP contribution is -2.26. The number of carbonyl (C=O) groups is 1. The molecule has 2 aromatic carbocycles. The predicted octanol–water partition coefficient (Wildman–Crippen LogP) is 2.86. The van der Waals surface area contributed by atoms with Crippen molar-refractivity contribution in [2.45, 2.75) is 26.3 Å². The predicted molar refractivity (Wildman–Crippen MR) is 104 cm³/mol. The third-order valence-electron chi connectivity index (χ3n) is 4.45. The first-order valence-corrected chi connectivity index (χ1v) is 8.92. The lowest BCUT2D eigenvalue weighted by Gasteiger charge is -2.13. The second-order valence-electron chi connectivity index (χ2n) is 6.30. The lowest BCUT2D eigenvalue weighted by molar-refractivity contribution is -0.124. The summed E-state index contributed by atoms with van der Waals surface area (Å²) in [7, 11) is 0. The highest BCUT2D eigenvalue weighted by Gasteiger charge is 2.10. The first kappa shape index (κ1) is 19.4. The molecule has 0 aliphatic carbocycles. The number of halogens is 1. The SMILES string of the molecule is CCc1nc2cc(C=CC(=O)NO)ccc2c(=O)n1CCc1ccc(F)cc1. The van der Waals surface area contributed by atoms with Crippen LogP contribution in [0.25, 0.3) is 17.0 Å². The molecule has 1 amide bonds. The molecule has 144 valence electrons. The van der Waals surface area contributed by atoms with Crippen molar-refractivity contribution in [1.82, 2.24) is 15.0 Å². The summed E-state index contributed by atoms with van der Waals surface area (Å²) in [6.45, 7) is 2.38. The number of fused-ring (bicyclic) bond motifs is 1. The van der Waals surface area contributed by atoms with Crippen molar-refractivity contribution in [3.8, 4) is 0 Å². The van der Waals surface area contributed by atoms with E-state index in [0.29, 0.717) is 41.7 Å². The molecule has 0 unspecified atom stereocenters. The maximum atomic E-state index is 13.1. The molecule has 7 heteroatoms. The number of aryl methyl sites for hydroxylation is 2. The third-order valence-corrected chi connectivity index (χ3v) is 4.45. The Balaban J connectivity index is 1.94. The van der Waals surface area contributed by atoms with Crippen molar-refractivity contribution in [2.24, 2.45) is 0 Å². The normalized spacial score (nSPS) is 11.2. The van der Waals surface area contributed by atoms with Crippen molar-refractivity contribution in [2.75, 3.05) is 0 Å². The van der Waals surface area contributed by atoms with Crippen LogP contribution in [0.15, 0.2) is 53.3 Å². The molecule has 28 heavy (non-hydrogen) atoms. The van der Waals surface area contributed by atoms with Crippen molar-refractivity contribution in [3.05, 3.63) is 81.7 Å². The fourth-order valence-electron chi connectivity index (χ4n) is 2.99. The van der Waals surface area contributed by atoms with Crippen LogP contribution in [0.1, 0.15) is 23.9 Å². The lowest BCUT2D eigenvalue weighted by atomic mass is 10.1. The Bertz CT molecular complexity index is 1090. The minimum atomic E-state index is -0.640. The van der Waals surface area contributed by atoms with E-state index in [1.54, 1.807) is 34.9 Å². The second kappa shape index (κ2) is 8.58. The van der Waals surface area contributed by atoms with Gasteiger partial charge in [-0.05, 0) is 47.9 Å². The summed E-state index contributed by atoms with van der Waals surface area (Å²) in [5.74, 6) is -0.267. The van der Waals surface area contributed by atoms with E-state index in [1.807, 2.05) is 6.92 Å². The Kier molecular flexibility index (Phi) is 5.96. The summed E-state index contributed by atoms with van der Waals surface area (Å²) < 4.78 is 14.7. The molecule has 0 saturated carbocycles. The smallest absolute Gasteiger partial charge is 0.267 e. The van der Waals surface area contributed by atoms with Crippen LogP contribution in [0.4, 0.5) is 4.39 Å². The van der Waals surface area contributed by atoms with Gasteiger partial charge in [-0.1, -0.05) is 25.1 Å². The van der Waals surface area contributed by atoms with E-state index in [1.165, 1.54) is 29.8 Å². The van der Waals surface area contributed by atoms with Gasteiger partial charge in [0.25, 0.3) is 11.5 Å². The summed E-state index contributed by atoms with van der Waals surface area (Å²) >= 11 is 0. The number of benzene rings is 2. The molecule has 0 atom stereocenters. The average molecular weight is 381 g/mol. The largest absolute Gasteiger partial charge is 0.296 e. The molecule has 0 fully saturated rings. The zero-order valence-corrected chi connectivity index (χ0v) is 15.4. The van der Waals surface area contributed by atoms with E-state index in [-0.39, 0.29) is 11.4 Å². The molecule has 2 N–H and O–H groups in total. The number of rotatable bonds is 6. The van der Waals surface area contributed by atoms with E-state index in [2.05, 4.69) is 4.98 Å². The summed E-state index contributed by atoms with van der Waals surface area (Å²) in [5, 5.41) is 9.03. The van der Waals surface area contributed by atoms with Gasteiger partial charge in [0.1, 0.15) is 11.6 Å². The topological polar surface area (TPSA) is 84.2 Å². The number of hydrogen-bond acceptors (Lipinski definition) is 4. The van der Waals surface area contributed by atoms with Crippen LogP contribution in [0.5, 0.6) is 0 Å². The first-order valence-electron chi connectivity index (χ1n) is 8.92. The molecule has 0 saturated heterocycles. The molecule has 3 aromatic rings. The number of nitrogens with zero attached hydrogens (tertiary/aromatic N) is 2. The van der Waals surface area contributed by atoms with Crippen LogP contribution in [-0.2, 0) is 24.2 Å². The Morgan fingerprint density at radius 3 is 2.68 bits per heavy atom. The van der Waals surface area contributed by atoms with E-state index in [4.69, 9.17) is 5.21 Å². The molecular weight excluding hydrogens is 361 g/mol. The minimum Gasteiger partial charge on any atom is -0.296 e. The van der Waals surface area contributed by atoms with Gasteiger partial charge >= 0.3 is 0 Å². The quantitative estimate of drug-likeness (QED) is 0.391. The first-order chi connectivity index (χ1) is 13.5. The van der Waals surface area contributed by atoms with Crippen molar-refractivity contribution >= 4 is 22.9 Å². The van der Waals surface area contributed by atoms with Gasteiger partial charge < -0.3 is 0 Å². The standard InChI is InChI=1S/C21H20FN3O3/c1-2-19-23-18-13-15(6-10-20(26)24-28)5-9-17(18)21(27)25(19)12-11-14-3-7-16(22)8-4-14/h3-10,13,28H,2,11-12H2,1H3,(H,24,26). The molecule has 0 aliphatic rings. The summed E-state index contributed by atoms with van der Waals surface area (Å²) in [4.78, 5) is 28.7. The van der Waals surface area contributed by atoms with Gasteiger partial charge in [0.15, 0.2) is 0 Å². The highest BCUT2D eigenvalue weighted by Crippen LogP contribution is 2.14. The van der Waals surface area contributed by atoms with Crippen LogP contribution in [0.2, 0.25) is 0 Å². The van der Waals surface area contributed by atoms with E-state index >= 15 is 0 Å². The highest BCUT2D eigenvalue weighted by atomic mass is 19.1. The average Bonchev–Trinajstić information content (AvgIpc) is 2.72. The monoisotopic (exact) mass is 381 g/mol. The molecule has 0 bridgehead atoms. The molecule has 1 heterocycles. The van der Waals surface area contributed by atoms with Crippen LogP contribution >= 0.6 is 0 Å². The van der Waals surface area contributed by atoms with E-state index < -0.39 is 5.91 Å². The van der Waals surface area contributed by atoms with Gasteiger partial charge in [0.2, 0.25) is 0 Å². The number of carbonyl (C=O) groups excluding carboxylic acids is 1. The second-order valence-corrected chi connectivity index (χ2v) is 6.30. The Morgan fingerprint density at radius 1 is 1.25 bits per heavy atom. The molecule has 0 spiro atoms. The Labute approximate surface area is 160 Å². The van der Waals surface area contributed by atoms with Crippen LogP contribution < -0.4 is 11.0 Å². The van der Waals surface area contributed by atoms with Crippen molar-refractivity contribution in [1.29, 1.82) is 0 Å². The van der Waals surface area contributed by atoms with E-state index in [9.17, 15) is 14.0 Å². The molecule has 0 aliphatic heterocycles. The molecule has 0 radical (unpaired) electrons. The number of nitrogens with one attached hydrogen (secondary N) is 1. The van der Waals surface area contributed by atoms with Gasteiger partial charge in [0.05, 0.1) is 10.9 Å². The maximum absolute atomic E-state index is 13.1. The molecule has 3 rings (SSSR count). The van der Waals surface area contributed by atoms with Crippen LogP contribution in [0, 0.1) is 5.82 Å². The van der Waals surface area contributed by atoms with Crippen molar-refractivity contribution < 1.29 is 14.4 Å². The number of aromatic nitrogens is 2. The Morgan fingerprint density at radius 2 is 2.00 bits per heavy atom. The number of hydroxylamine groups is 1. The van der Waals surface area contributed by atoms with Crippen LogP contribution in [0.3, 0.4) is 0 Å². The maximum Gasteiger partial charge on any atom is 0.267 e. The van der Waals surface area contributed by atoms with Gasteiger partial charge in [-0.25, -0.2) is 14.9 Å². The zero-order valence-electron chi connectivity index (χ0n) is 15.4. The molecule has 6 nitrogen and oxygen atoms in total. The fraction of sp³-hybridized carbons (Fsp3) is 0.190. The molecule has 1 aromatic heterocycles. The van der Waals surface area contributed by atoms with Crippen LogP contribution in [-0.4, -0.2) is 20.7 Å². The van der Waals surface area contributed by atoms with Gasteiger partial charge in [-0.3, -0.25) is 19.4 Å². The minimum absolute atomic E-state index is 0.132. The fourth-order valence-corrected chi connectivity index (χ4v) is 2.99. The third kappa shape index (κ3) is 4.32. The van der Waals surface area contributed by atoms with Crippen molar-refractivity contribution in [3.63, 3.8) is 0 Å². The highest BCUT2D eigenvalue weighted by molar-refractivity contribution is 5.91. The Hall–Kier alpha value is -3.32. The summed E-state index contributed by atoms with van der Waals surface area (Å²) in [6, 6.07) is 11.3. The van der Waals surface area contributed by atoms with Gasteiger partial charge in [-0.2, -0.15) is 0 Å². The number of amides is 1. The zero-order chi connectivity index (χ0) is 20.1. The summed E-state index contributed by atoms with van der Waals surface area (Å²) in [6.07, 6.45) is 3.89. The molecular formula is C21H20FN3O3. The number of hydrogen-bond donors (Lipinski definition) is 2. The van der Waals surface area contributed by atoms with Gasteiger partial charge in [-0.15, -0.1) is 0 Å². The van der Waals surface area contributed by atoms with Gasteiger partial charge in [0, 0.05) is 19.0 Å². The van der Waals surface area contributed by atoms with E-state index in [0.717, 1.165) is 5.56 Å². The summed E-state index contributed by atoms with van der Waals surface area (Å²) in [5.41, 5.74) is 3.57.